The second kappa shape index (κ2) is 5.45. The van der Waals surface area contributed by atoms with Crippen LogP contribution in [-0.4, -0.2) is 16.3 Å². The molecule has 0 amide bonds. The maximum atomic E-state index is 10.3. The van der Waals surface area contributed by atoms with Gasteiger partial charge in [-0.05, 0) is 29.7 Å². The molecule has 0 aliphatic carbocycles. The predicted molar refractivity (Wildman–Crippen MR) is 82.0 cm³/mol. The average molecular weight is 262 g/mol. The van der Waals surface area contributed by atoms with Gasteiger partial charge in [0, 0.05) is 22.6 Å². The lowest BCUT2D eigenvalue weighted by Gasteiger charge is -1.83. The highest BCUT2D eigenvalue weighted by Crippen LogP contribution is 2.12. The maximum Gasteiger partial charge on any atom is 0.166 e. The van der Waals surface area contributed by atoms with Crippen molar-refractivity contribution in [1.29, 1.82) is 0 Å². The molecule has 0 unspecified atom stereocenters. The minimum atomic E-state index is 0.631. The standard InChI is InChI=1S/C9H7NO.C8H7N/c11-6-8-5-7-3-1-2-4-9(7)10-8;1-2-4-8-7(3-1)5-6-9-8/h1-6,10H;1-6,9H. The number of carbonyl (C=O) groups is 1. The summed E-state index contributed by atoms with van der Waals surface area (Å²) in [6.45, 7) is 0. The topological polar surface area (TPSA) is 48.6 Å². The van der Waals surface area contributed by atoms with E-state index in [-0.39, 0.29) is 0 Å². The molecule has 2 aromatic heterocycles. The van der Waals surface area contributed by atoms with Crippen LogP contribution in [0.2, 0.25) is 0 Å². The van der Waals surface area contributed by atoms with E-state index in [0.717, 1.165) is 17.2 Å². The maximum absolute atomic E-state index is 10.3. The van der Waals surface area contributed by atoms with Crippen LogP contribution in [0.4, 0.5) is 0 Å². The first kappa shape index (κ1) is 12.2. The molecule has 4 aromatic rings. The van der Waals surface area contributed by atoms with Crippen molar-refractivity contribution in [2.75, 3.05) is 0 Å². The molecule has 0 saturated carbocycles. The molecule has 98 valence electrons. The van der Waals surface area contributed by atoms with Gasteiger partial charge in [0.15, 0.2) is 6.29 Å². The van der Waals surface area contributed by atoms with Gasteiger partial charge in [-0.3, -0.25) is 4.79 Å². The van der Waals surface area contributed by atoms with Gasteiger partial charge in [0.1, 0.15) is 0 Å². The number of benzene rings is 2. The minimum Gasteiger partial charge on any atom is -0.361 e. The third-order valence-electron chi connectivity index (χ3n) is 3.14. The molecule has 0 atom stereocenters. The average Bonchev–Trinajstić information content (AvgIpc) is 3.13. The lowest BCUT2D eigenvalue weighted by molar-refractivity contribution is 0.112. The van der Waals surface area contributed by atoms with Crippen LogP contribution in [0.25, 0.3) is 21.8 Å². The third-order valence-corrected chi connectivity index (χ3v) is 3.14. The molecule has 0 aliphatic heterocycles. The number of aromatic amines is 2. The van der Waals surface area contributed by atoms with Crippen LogP contribution in [0.1, 0.15) is 10.5 Å². The summed E-state index contributed by atoms with van der Waals surface area (Å²) < 4.78 is 0. The van der Waals surface area contributed by atoms with Crippen molar-refractivity contribution in [3.05, 3.63) is 72.6 Å². The van der Waals surface area contributed by atoms with E-state index in [0.29, 0.717) is 5.69 Å². The van der Waals surface area contributed by atoms with Crippen LogP contribution in [0, 0.1) is 0 Å². The Balaban J connectivity index is 0.000000123. The third kappa shape index (κ3) is 2.47. The zero-order valence-corrected chi connectivity index (χ0v) is 10.8. The van der Waals surface area contributed by atoms with Gasteiger partial charge < -0.3 is 9.97 Å². The molecule has 2 N–H and O–H groups in total. The fourth-order valence-electron chi connectivity index (χ4n) is 2.15. The van der Waals surface area contributed by atoms with Crippen molar-refractivity contribution in [2.45, 2.75) is 0 Å². The molecule has 2 aromatic carbocycles. The van der Waals surface area contributed by atoms with Crippen LogP contribution in [0.3, 0.4) is 0 Å². The highest BCUT2D eigenvalue weighted by Gasteiger charge is 1.95. The molecular formula is C17H14N2O. The summed E-state index contributed by atoms with van der Waals surface area (Å²) in [5.74, 6) is 0. The number of hydrogen-bond acceptors (Lipinski definition) is 1. The summed E-state index contributed by atoms with van der Waals surface area (Å²) in [7, 11) is 0. The second-order valence-corrected chi connectivity index (χ2v) is 4.49. The molecule has 0 saturated heterocycles. The van der Waals surface area contributed by atoms with Crippen molar-refractivity contribution in [1.82, 2.24) is 9.97 Å². The molecule has 3 nitrogen and oxygen atoms in total. The van der Waals surface area contributed by atoms with Crippen molar-refractivity contribution in [3.8, 4) is 0 Å². The summed E-state index contributed by atoms with van der Waals surface area (Å²) in [5, 5.41) is 2.35. The van der Waals surface area contributed by atoms with Gasteiger partial charge in [-0.25, -0.2) is 0 Å². The Bertz CT molecular complexity index is 779. The van der Waals surface area contributed by atoms with Crippen LogP contribution < -0.4 is 0 Å². The molecule has 0 spiro atoms. The van der Waals surface area contributed by atoms with E-state index in [1.165, 1.54) is 10.9 Å². The highest BCUT2D eigenvalue weighted by atomic mass is 16.1. The first-order chi connectivity index (χ1) is 9.86. The molecular weight excluding hydrogens is 248 g/mol. The smallest absolute Gasteiger partial charge is 0.166 e. The van der Waals surface area contributed by atoms with Crippen LogP contribution >= 0.6 is 0 Å². The van der Waals surface area contributed by atoms with E-state index in [9.17, 15) is 4.79 Å². The summed E-state index contributed by atoms with van der Waals surface area (Å²) >= 11 is 0. The number of fused-ring (bicyclic) bond motifs is 2. The Kier molecular flexibility index (Phi) is 3.33. The number of aldehydes is 1. The van der Waals surface area contributed by atoms with Gasteiger partial charge in [-0.2, -0.15) is 0 Å². The predicted octanol–water partition coefficient (Wildman–Crippen LogP) is 4.15. The van der Waals surface area contributed by atoms with Gasteiger partial charge in [-0.15, -0.1) is 0 Å². The van der Waals surface area contributed by atoms with E-state index in [2.05, 4.69) is 28.2 Å². The molecule has 0 bridgehead atoms. The molecule has 0 fully saturated rings. The van der Waals surface area contributed by atoms with E-state index >= 15 is 0 Å². The van der Waals surface area contributed by atoms with Gasteiger partial charge in [0.25, 0.3) is 0 Å². The largest absolute Gasteiger partial charge is 0.361 e. The highest BCUT2D eigenvalue weighted by molar-refractivity contribution is 5.87. The van der Waals surface area contributed by atoms with Gasteiger partial charge in [0.05, 0.1) is 5.69 Å². The number of hydrogen-bond donors (Lipinski definition) is 2. The second-order valence-electron chi connectivity index (χ2n) is 4.49. The lowest BCUT2D eigenvalue weighted by atomic mass is 10.2. The summed E-state index contributed by atoms with van der Waals surface area (Å²) in [6.07, 6.45) is 2.77. The Labute approximate surface area is 116 Å². The zero-order chi connectivity index (χ0) is 13.8. The van der Waals surface area contributed by atoms with Crippen LogP contribution in [0.5, 0.6) is 0 Å². The Morgan fingerprint density at radius 2 is 1.50 bits per heavy atom. The number of nitrogens with one attached hydrogen (secondary N) is 2. The quantitative estimate of drug-likeness (QED) is 0.497. The molecule has 0 aliphatic rings. The molecule has 2 heterocycles. The molecule has 20 heavy (non-hydrogen) atoms. The Morgan fingerprint density at radius 3 is 2.20 bits per heavy atom. The first-order valence-corrected chi connectivity index (χ1v) is 6.42. The number of rotatable bonds is 1. The SMILES string of the molecule is O=Cc1cc2ccccc2[nH]1.c1ccc2[nH]ccc2c1. The van der Waals surface area contributed by atoms with E-state index < -0.39 is 0 Å². The normalized spacial score (nSPS) is 10.2. The van der Waals surface area contributed by atoms with Gasteiger partial charge in [-0.1, -0.05) is 36.4 Å². The van der Waals surface area contributed by atoms with Crippen molar-refractivity contribution >= 4 is 28.1 Å². The number of carbonyl (C=O) groups excluding carboxylic acids is 1. The molecule has 3 heteroatoms. The fourth-order valence-corrected chi connectivity index (χ4v) is 2.15. The fraction of sp³-hybridized carbons (Fsp3) is 0. The minimum absolute atomic E-state index is 0.631. The van der Waals surface area contributed by atoms with E-state index in [1.54, 1.807) is 0 Å². The number of aromatic nitrogens is 2. The van der Waals surface area contributed by atoms with Crippen molar-refractivity contribution < 1.29 is 4.79 Å². The van der Waals surface area contributed by atoms with Crippen molar-refractivity contribution in [3.63, 3.8) is 0 Å². The molecule has 0 radical (unpaired) electrons. The van der Waals surface area contributed by atoms with Gasteiger partial charge >= 0.3 is 0 Å². The number of para-hydroxylation sites is 2. The number of H-pyrrole nitrogens is 2. The summed E-state index contributed by atoms with van der Waals surface area (Å²) in [6, 6.07) is 19.9. The Hall–Kier alpha value is -2.81. The first-order valence-electron chi connectivity index (χ1n) is 6.42. The monoisotopic (exact) mass is 262 g/mol. The van der Waals surface area contributed by atoms with Crippen molar-refractivity contribution in [2.24, 2.45) is 0 Å². The van der Waals surface area contributed by atoms with E-state index in [4.69, 9.17) is 0 Å². The van der Waals surface area contributed by atoms with Crippen LogP contribution in [-0.2, 0) is 0 Å². The summed E-state index contributed by atoms with van der Waals surface area (Å²) in [5.41, 5.74) is 2.85. The van der Waals surface area contributed by atoms with E-state index in [1.807, 2.05) is 48.7 Å². The zero-order valence-electron chi connectivity index (χ0n) is 10.8. The van der Waals surface area contributed by atoms with Gasteiger partial charge in [0.2, 0.25) is 0 Å². The summed E-state index contributed by atoms with van der Waals surface area (Å²) in [4.78, 5) is 16.4. The molecule has 4 rings (SSSR count). The lowest BCUT2D eigenvalue weighted by Crippen LogP contribution is -1.73. The Morgan fingerprint density at radius 1 is 0.800 bits per heavy atom. The van der Waals surface area contributed by atoms with Crippen LogP contribution in [0.15, 0.2) is 66.9 Å².